The molecule has 1 saturated heterocycles. The van der Waals surface area contributed by atoms with E-state index in [2.05, 4.69) is 16.8 Å². The monoisotopic (exact) mass is 387 g/mol. The van der Waals surface area contributed by atoms with Gasteiger partial charge in [0.05, 0.1) is 15.8 Å². The zero-order valence-corrected chi connectivity index (χ0v) is 15.9. The van der Waals surface area contributed by atoms with Crippen LogP contribution in [0.4, 0.5) is 5.13 Å². The zero-order valence-electron chi connectivity index (χ0n) is 14.3. The molecule has 3 aromatic rings. The maximum Gasteiger partial charge on any atom is 0.343 e. The topological polar surface area (TPSA) is 45.7 Å². The van der Waals surface area contributed by atoms with Gasteiger partial charge in [-0.1, -0.05) is 22.9 Å². The summed E-state index contributed by atoms with van der Waals surface area (Å²) in [5, 5.41) is 1.61. The van der Waals surface area contributed by atoms with E-state index in [-0.39, 0.29) is 0 Å². The number of nitrogens with zero attached hydrogens (tertiary/aromatic N) is 3. The van der Waals surface area contributed by atoms with Crippen LogP contribution in [0.15, 0.2) is 42.5 Å². The third kappa shape index (κ3) is 3.67. The molecule has 2 aromatic carbocycles. The van der Waals surface area contributed by atoms with E-state index in [0.29, 0.717) is 16.3 Å². The Kier molecular flexibility index (Phi) is 4.80. The number of fused-ring (bicyclic) bond motifs is 1. The van der Waals surface area contributed by atoms with Crippen LogP contribution in [0.2, 0.25) is 5.02 Å². The normalized spacial score (nSPS) is 15.4. The average Bonchev–Trinajstić information content (AvgIpc) is 3.06. The molecule has 0 spiro atoms. The molecule has 0 aliphatic carbocycles. The third-order valence-corrected chi connectivity index (χ3v) is 5.74. The van der Waals surface area contributed by atoms with Crippen molar-refractivity contribution in [1.82, 2.24) is 9.88 Å². The molecule has 1 aliphatic heterocycles. The molecule has 0 N–H and O–H groups in total. The highest BCUT2D eigenvalue weighted by Gasteiger charge is 2.18. The summed E-state index contributed by atoms with van der Waals surface area (Å²) in [6.07, 6.45) is 0. The molecular weight excluding hydrogens is 370 g/mol. The van der Waals surface area contributed by atoms with E-state index in [4.69, 9.17) is 21.3 Å². The van der Waals surface area contributed by atoms with Crippen LogP contribution < -0.4 is 9.64 Å². The molecule has 5 nitrogen and oxygen atoms in total. The van der Waals surface area contributed by atoms with Crippen molar-refractivity contribution in [2.75, 3.05) is 38.1 Å². The molecule has 2 heterocycles. The predicted molar refractivity (Wildman–Crippen MR) is 106 cm³/mol. The van der Waals surface area contributed by atoms with Gasteiger partial charge in [0.2, 0.25) is 0 Å². The van der Waals surface area contributed by atoms with Crippen LogP contribution in [0.1, 0.15) is 10.4 Å². The summed E-state index contributed by atoms with van der Waals surface area (Å²) in [4.78, 5) is 21.6. The lowest BCUT2D eigenvalue weighted by Gasteiger charge is -2.31. The summed E-state index contributed by atoms with van der Waals surface area (Å²) in [7, 11) is 2.14. The Bertz CT molecular complexity index is 934. The van der Waals surface area contributed by atoms with E-state index in [1.807, 2.05) is 12.1 Å². The highest BCUT2D eigenvalue weighted by atomic mass is 35.5. The first-order valence-corrected chi connectivity index (χ1v) is 9.60. The molecule has 26 heavy (non-hydrogen) atoms. The van der Waals surface area contributed by atoms with E-state index >= 15 is 0 Å². The van der Waals surface area contributed by atoms with Gasteiger partial charge >= 0.3 is 5.97 Å². The van der Waals surface area contributed by atoms with Crippen molar-refractivity contribution >= 4 is 44.3 Å². The van der Waals surface area contributed by atoms with Crippen molar-refractivity contribution in [2.24, 2.45) is 0 Å². The molecule has 134 valence electrons. The molecule has 0 saturated carbocycles. The zero-order chi connectivity index (χ0) is 18.1. The average molecular weight is 388 g/mol. The van der Waals surface area contributed by atoms with Gasteiger partial charge in [-0.25, -0.2) is 9.78 Å². The maximum absolute atomic E-state index is 12.3. The van der Waals surface area contributed by atoms with Crippen molar-refractivity contribution in [3.8, 4) is 5.75 Å². The first kappa shape index (κ1) is 17.3. The highest BCUT2D eigenvalue weighted by molar-refractivity contribution is 7.22. The van der Waals surface area contributed by atoms with Crippen molar-refractivity contribution in [3.63, 3.8) is 0 Å². The maximum atomic E-state index is 12.3. The van der Waals surface area contributed by atoms with Gasteiger partial charge in [0.1, 0.15) is 5.75 Å². The van der Waals surface area contributed by atoms with E-state index < -0.39 is 5.97 Å². The quantitative estimate of drug-likeness (QED) is 0.503. The first-order chi connectivity index (χ1) is 12.6. The fourth-order valence-corrected chi connectivity index (χ4v) is 4.01. The lowest BCUT2D eigenvalue weighted by atomic mass is 10.2. The van der Waals surface area contributed by atoms with E-state index in [0.717, 1.165) is 41.5 Å². The van der Waals surface area contributed by atoms with Gasteiger partial charge < -0.3 is 14.5 Å². The fourth-order valence-electron chi connectivity index (χ4n) is 2.84. The number of hydrogen-bond donors (Lipinski definition) is 0. The van der Waals surface area contributed by atoms with Crippen LogP contribution in [0.3, 0.4) is 0 Å². The standard InChI is InChI=1S/C19H18ClN3O2S/c1-22-8-10-23(11-9-22)19-21-16-7-6-15(12-17(16)26-19)25-18(24)13-2-4-14(20)5-3-13/h2-7,12H,8-11H2,1H3. The van der Waals surface area contributed by atoms with Gasteiger partial charge in [-0.2, -0.15) is 0 Å². The number of benzene rings is 2. The van der Waals surface area contributed by atoms with E-state index in [9.17, 15) is 4.79 Å². The van der Waals surface area contributed by atoms with Gasteiger partial charge in [0.25, 0.3) is 0 Å². The first-order valence-electron chi connectivity index (χ1n) is 8.40. The van der Waals surface area contributed by atoms with Gasteiger partial charge in [-0.3, -0.25) is 0 Å². The summed E-state index contributed by atoms with van der Waals surface area (Å²) in [6.45, 7) is 4.04. The SMILES string of the molecule is CN1CCN(c2nc3ccc(OC(=O)c4ccc(Cl)cc4)cc3s2)CC1. The number of piperazine rings is 1. The van der Waals surface area contributed by atoms with Crippen LogP contribution in [0.25, 0.3) is 10.2 Å². The number of esters is 1. The summed E-state index contributed by atoms with van der Waals surface area (Å²) in [6, 6.07) is 12.2. The molecule has 1 fully saturated rings. The molecule has 0 amide bonds. The number of halogens is 1. The second-order valence-electron chi connectivity index (χ2n) is 6.31. The molecule has 0 unspecified atom stereocenters. The van der Waals surface area contributed by atoms with Crippen molar-refractivity contribution in [1.29, 1.82) is 0 Å². The molecule has 1 aromatic heterocycles. The Morgan fingerprint density at radius 3 is 2.58 bits per heavy atom. The molecule has 0 radical (unpaired) electrons. The van der Waals surface area contributed by atoms with Crippen molar-refractivity contribution in [3.05, 3.63) is 53.1 Å². The lowest BCUT2D eigenvalue weighted by Crippen LogP contribution is -2.44. The Hall–Kier alpha value is -2.15. The van der Waals surface area contributed by atoms with Crippen molar-refractivity contribution in [2.45, 2.75) is 0 Å². The second kappa shape index (κ2) is 7.23. The van der Waals surface area contributed by atoms with Crippen LogP contribution in [-0.2, 0) is 0 Å². The summed E-state index contributed by atoms with van der Waals surface area (Å²) in [5.41, 5.74) is 1.40. The number of carbonyl (C=O) groups is 1. The number of carbonyl (C=O) groups excluding carboxylic acids is 1. The predicted octanol–water partition coefficient (Wildman–Crippen LogP) is 3.92. The number of ether oxygens (including phenoxy) is 1. The Balaban J connectivity index is 1.52. The summed E-state index contributed by atoms with van der Waals surface area (Å²) in [5.74, 6) is 0.121. The third-order valence-electron chi connectivity index (χ3n) is 4.41. The van der Waals surface area contributed by atoms with Crippen LogP contribution >= 0.6 is 22.9 Å². The smallest absolute Gasteiger partial charge is 0.343 e. The molecule has 1 aliphatic rings. The Labute approximate surface area is 160 Å². The minimum absolute atomic E-state index is 0.398. The van der Waals surface area contributed by atoms with E-state index in [1.165, 1.54) is 0 Å². The second-order valence-corrected chi connectivity index (χ2v) is 7.76. The number of likely N-dealkylation sites (N-methyl/N-ethyl adjacent to an activating group) is 1. The Morgan fingerprint density at radius 2 is 1.85 bits per heavy atom. The summed E-state index contributed by atoms with van der Waals surface area (Å²) >= 11 is 7.48. The van der Waals surface area contributed by atoms with Gasteiger partial charge in [-0.15, -0.1) is 0 Å². The molecule has 0 atom stereocenters. The van der Waals surface area contributed by atoms with Crippen LogP contribution in [0, 0.1) is 0 Å². The number of rotatable bonds is 3. The molecule has 4 rings (SSSR count). The molecular formula is C19H18ClN3O2S. The molecule has 7 heteroatoms. The highest BCUT2D eigenvalue weighted by Crippen LogP contribution is 2.32. The van der Waals surface area contributed by atoms with Crippen molar-refractivity contribution < 1.29 is 9.53 Å². The van der Waals surface area contributed by atoms with Gasteiger partial charge in [0.15, 0.2) is 5.13 Å². The van der Waals surface area contributed by atoms with Gasteiger partial charge in [0, 0.05) is 37.3 Å². The number of hydrogen-bond acceptors (Lipinski definition) is 6. The fraction of sp³-hybridized carbons (Fsp3) is 0.263. The van der Waals surface area contributed by atoms with Crippen LogP contribution in [0.5, 0.6) is 5.75 Å². The van der Waals surface area contributed by atoms with Gasteiger partial charge in [-0.05, 0) is 43.4 Å². The van der Waals surface area contributed by atoms with Crippen LogP contribution in [-0.4, -0.2) is 49.1 Å². The number of thiazole rings is 1. The van der Waals surface area contributed by atoms with E-state index in [1.54, 1.807) is 41.7 Å². The minimum Gasteiger partial charge on any atom is -0.423 e. The number of aromatic nitrogens is 1. The lowest BCUT2D eigenvalue weighted by molar-refractivity contribution is 0.0735. The summed E-state index contributed by atoms with van der Waals surface area (Å²) < 4.78 is 6.51. The number of anilines is 1. The Morgan fingerprint density at radius 1 is 1.12 bits per heavy atom. The molecule has 0 bridgehead atoms. The largest absolute Gasteiger partial charge is 0.423 e. The minimum atomic E-state index is -0.398.